The van der Waals surface area contributed by atoms with Gasteiger partial charge in [0.05, 0.1) is 10.0 Å². The number of pyridine rings is 1. The minimum absolute atomic E-state index is 0.201. The molecule has 0 aliphatic heterocycles. The van der Waals surface area contributed by atoms with Crippen molar-refractivity contribution in [3.05, 3.63) is 62.3 Å². The first-order valence-corrected chi connectivity index (χ1v) is 8.42. The Morgan fingerprint density at radius 1 is 1.19 bits per heavy atom. The lowest BCUT2D eigenvalue weighted by molar-refractivity contribution is 0.527. The third-order valence-corrected chi connectivity index (χ3v) is 4.37. The molecule has 1 unspecified atom stereocenters. The molecule has 2 nitrogen and oxygen atoms in total. The van der Waals surface area contributed by atoms with Crippen LogP contribution in [0.25, 0.3) is 0 Å². The number of nitrogens with one attached hydrogen (secondary N) is 1. The van der Waals surface area contributed by atoms with Crippen LogP contribution in [0.15, 0.2) is 41.1 Å². The van der Waals surface area contributed by atoms with Crippen LogP contribution in [-0.4, -0.2) is 11.5 Å². The summed E-state index contributed by atoms with van der Waals surface area (Å²) in [5, 5.41) is 4.74. The Labute approximate surface area is 144 Å². The molecule has 2 aromatic rings. The van der Waals surface area contributed by atoms with Crippen LogP contribution in [0.4, 0.5) is 0 Å². The summed E-state index contributed by atoms with van der Waals surface area (Å²) in [6.07, 6.45) is 5.61. The van der Waals surface area contributed by atoms with E-state index in [0.29, 0.717) is 10.0 Å². The molecule has 0 radical (unpaired) electrons. The van der Waals surface area contributed by atoms with Crippen molar-refractivity contribution < 1.29 is 0 Å². The maximum atomic E-state index is 6.10. The highest BCUT2D eigenvalue weighted by molar-refractivity contribution is 9.10. The summed E-state index contributed by atoms with van der Waals surface area (Å²) in [5.74, 6) is 0. The summed E-state index contributed by atoms with van der Waals surface area (Å²) in [6, 6.07) is 8.08. The van der Waals surface area contributed by atoms with Gasteiger partial charge in [0.2, 0.25) is 0 Å². The van der Waals surface area contributed by atoms with E-state index in [9.17, 15) is 0 Å². The number of rotatable bonds is 6. The molecule has 0 fully saturated rings. The summed E-state index contributed by atoms with van der Waals surface area (Å²) < 4.78 is 0.984. The second-order valence-electron chi connectivity index (χ2n) is 4.90. The minimum Gasteiger partial charge on any atom is -0.310 e. The van der Waals surface area contributed by atoms with Crippen LogP contribution in [0, 0.1) is 0 Å². The molecular formula is C16H17BrCl2N2. The van der Waals surface area contributed by atoms with Crippen molar-refractivity contribution in [2.45, 2.75) is 25.8 Å². The quantitative estimate of drug-likeness (QED) is 0.714. The fourth-order valence-electron chi connectivity index (χ4n) is 2.15. The predicted molar refractivity (Wildman–Crippen MR) is 93.1 cm³/mol. The summed E-state index contributed by atoms with van der Waals surface area (Å²) in [5.41, 5.74) is 2.31. The molecular weight excluding hydrogens is 371 g/mol. The fourth-order valence-corrected chi connectivity index (χ4v) is 2.85. The molecule has 1 atom stereocenters. The highest BCUT2D eigenvalue weighted by Gasteiger charge is 2.13. The predicted octanol–water partition coefficient (Wildman–Crippen LogP) is 5.43. The molecule has 0 aliphatic carbocycles. The first kappa shape index (κ1) is 16.8. The van der Waals surface area contributed by atoms with Crippen LogP contribution >= 0.6 is 39.1 Å². The summed E-state index contributed by atoms with van der Waals surface area (Å²) in [6.45, 7) is 3.11. The zero-order chi connectivity index (χ0) is 15.2. The largest absolute Gasteiger partial charge is 0.310 e. The number of hydrogen-bond donors (Lipinski definition) is 1. The highest BCUT2D eigenvalue weighted by atomic mass is 79.9. The van der Waals surface area contributed by atoms with E-state index in [1.54, 1.807) is 6.20 Å². The first-order valence-electron chi connectivity index (χ1n) is 6.88. The molecule has 0 spiro atoms. The molecule has 21 heavy (non-hydrogen) atoms. The van der Waals surface area contributed by atoms with Crippen LogP contribution in [0.5, 0.6) is 0 Å². The summed E-state index contributed by atoms with van der Waals surface area (Å²) in [4.78, 5) is 4.25. The first-order chi connectivity index (χ1) is 10.1. The number of aromatic nitrogens is 1. The van der Waals surface area contributed by atoms with Crippen molar-refractivity contribution in [1.82, 2.24) is 10.3 Å². The van der Waals surface area contributed by atoms with E-state index in [0.717, 1.165) is 35.0 Å². The average Bonchev–Trinajstić information content (AvgIpc) is 2.47. The molecule has 2 rings (SSSR count). The molecule has 5 heteroatoms. The molecule has 1 N–H and O–H groups in total. The number of hydrogen-bond acceptors (Lipinski definition) is 2. The normalized spacial score (nSPS) is 12.4. The van der Waals surface area contributed by atoms with Crippen molar-refractivity contribution in [3.63, 3.8) is 0 Å². The average molecular weight is 388 g/mol. The van der Waals surface area contributed by atoms with Gasteiger partial charge in [-0.1, -0.05) is 36.2 Å². The van der Waals surface area contributed by atoms with Crippen LogP contribution in [0.2, 0.25) is 10.0 Å². The van der Waals surface area contributed by atoms with Crippen LogP contribution < -0.4 is 5.32 Å². The van der Waals surface area contributed by atoms with Gasteiger partial charge in [-0.25, -0.2) is 0 Å². The second kappa shape index (κ2) is 8.14. The van der Waals surface area contributed by atoms with Crippen LogP contribution in [0.3, 0.4) is 0 Å². The van der Waals surface area contributed by atoms with Gasteiger partial charge in [0, 0.05) is 22.9 Å². The maximum Gasteiger partial charge on any atom is 0.0595 e. The van der Waals surface area contributed by atoms with Gasteiger partial charge in [-0.3, -0.25) is 4.98 Å². The lowest BCUT2D eigenvalue weighted by Crippen LogP contribution is -2.24. The number of benzene rings is 1. The highest BCUT2D eigenvalue weighted by Crippen LogP contribution is 2.26. The second-order valence-corrected chi connectivity index (χ2v) is 6.63. The lowest BCUT2D eigenvalue weighted by Gasteiger charge is -2.19. The van der Waals surface area contributed by atoms with Gasteiger partial charge >= 0.3 is 0 Å². The Kier molecular flexibility index (Phi) is 6.49. The summed E-state index contributed by atoms with van der Waals surface area (Å²) in [7, 11) is 0. The molecule has 0 saturated heterocycles. The smallest absolute Gasteiger partial charge is 0.0595 e. The van der Waals surface area contributed by atoms with Crippen molar-refractivity contribution >= 4 is 39.1 Å². The van der Waals surface area contributed by atoms with Gasteiger partial charge in [0.25, 0.3) is 0 Å². The summed E-state index contributed by atoms with van der Waals surface area (Å²) >= 11 is 15.6. The number of nitrogens with zero attached hydrogens (tertiary/aromatic N) is 1. The van der Waals surface area contributed by atoms with E-state index in [4.69, 9.17) is 23.2 Å². The topological polar surface area (TPSA) is 24.9 Å². The van der Waals surface area contributed by atoms with Crippen molar-refractivity contribution in [2.75, 3.05) is 6.54 Å². The van der Waals surface area contributed by atoms with Crippen LogP contribution in [-0.2, 0) is 6.42 Å². The lowest BCUT2D eigenvalue weighted by atomic mass is 10.00. The van der Waals surface area contributed by atoms with E-state index in [1.807, 2.05) is 24.4 Å². The number of halogens is 3. The van der Waals surface area contributed by atoms with Crippen LogP contribution in [0.1, 0.15) is 30.5 Å². The Hall–Kier alpha value is -0.610. The van der Waals surface area contributed by atoms with Gasteiger partial charge in [-0.05, 0) is 64.6 Å². The van der Waals surface area contributed by atoms with E-state index in [1.165, 1.54) is 0 Å². The SMILES string of the molecule is CCCNC(Cc1ccc(Cl)c(Cl)c1)c1cncc(Br)c1. The molecule has 0 amide bonds. The monoisotopic (exact) mass is 386 g/mol. The maximum absolute atomic E-state index is 6.10. The third kappa shape index (κ3) is 4.96. The molecule has 0 bridgehead atoms. The third-order valence-electron chi connectivity index (χ3n) is 3.19. The fraction of sp³-hybridized carbons (Fsp3) is 0.312. The molecule has 0 aliphatic rings. The van der Waals surface area contributed by atoms with E-state index < -0.39 is 0 Å². The van der Waals surface area contributed by atoms with Crippen molar-refractivity contribution in [2.24, 2.45) is 0 Å². The Morgan fingerprint density at radius 3 is 2.67 bits per heavy atom. The van der Waals surface area contributed by atoms with Crippen molar-refractivity contribution in [3.8, 4) is 0 Å². The van der Waals surface area contributed by atoms with Gasteiger partial charge in [0.15, 0.2) is 0 Å². The van der Waals surface area contributed by atoms with Crippen molar-refractivity contribution in [1.29, 1.82) is 0 Å². The standard InChI is InChI=1S/C16H17BrCl2N2/c1-2-5-21-16(12-8-13(17)10-20-9-12)7-11-3-4-14(18)15(19)6-11/h3-4,6,8-10,16,21H,2,5,7H2,1H3. The van der Waals surface area contributed by atoms with E-state index in [-0.39, 0.29) is 6.04 Å². The minimum atomic E-state index is 0.201. The Morgan fingerprint density at radius 2 is 2.00 bits per heavy atom. The van der Waals surface area contributed by atoms with E-state index in [2.05, 4.69) is 39.2 Å². The van der Waals surface area contributed by atoms with Gasteiger partial charge in [0.1, 0.15) is 0 Å². The Balaban J connectivity index is 2.21. The molecule has 1 aromatic heterocycles. The van der Waals surface area contributed by atoms with Gasteiger partial charge in [-0.15, -0.1) is 0 Å². The Bertz CT molecular complexity index is 605. The van der Waals surface area contributed by atoms with Gasteiger partial charge < -0.3 is 5.32 Å². The van der Waals surface area contributed by atoms with E-state index >= 15 is 0 Å². The molecule has 1 aromatic carbocycles. The molecule has 0 saturated carbocycles. The molecule has 112 valence electrons. The molecule has 1 heterocycles. The zero-order valence-corrected chi connectivity index (χ0v) is 14.8. The van der Waals surface area contributed by atoms with Gasteiger partial charge in [-0.2, -0.15) is 0 Å². The zero-order valence-electron chi connectivity index (χ0n) is 11.7.